The van der Waals surface area contributed by atoms with Gasteiger partial charge in [0.05, 0.1) is 11.3 Å². The van der Waals surface area contributed by atoms with Crippen molar-refractivity contribution in [1.29, 1.82) is 5.26 Å². The summed E-state index contributed by atoms with van der Waals surface area (Å²) in [7, 11) is 0. The number of nitrogens with zero attached hydrogens (tertiary/aromatic N) is 2. The Morgan fingerprint density at radius 2 is 2.16 bits per heavy atom. The zero-order chi connectivity index (χ0) is 13.4. The molecule has 2 fully saturated rings. The molecule has 19 heavy (non-hydrogen) atoms. The summed E-state index contributed by atoms with van der Waals surface area (Å²) in [5.74, 6) is 1.27. The molecule has 0 amide bonds. The third-order valence-corrected chi connectivity index (χ3v) is 4.81. The van der Waals surface area contributed by atoms with Crippen molar-refractivity contribution in [2.75, 3.05) is 18.0 Å². The largest absolute Gasteiger partial charge is 0.370 e. The average Bonchev–Trinajstić information content (AvgIpc) is 2.83. The first-order valence-electron chi connectivity index (χ1n) is 6.89. The minimum atomic E-state index is 0.321. The van der Waals surface area contributed by atoms with E-state index in [2.05, 4.69) is 11.0 Å². The molecule has 1 saturated carbocycles. The van der Waals surface area contributed by atoms with Gasteiger partial charge < -0.3 is 10.6 Å². The van der Waals surface area contributed by atoms with Crippen molar-refractivity contribution in [3.05, 3.63) is 28.8 Å². The molecule has 100 valence electrons. The summed E-state index contributed by atoms with van der Waals surface area (Å²) >= 11 is 5.96. The van der Waals surface area contributed by atoms with Crippen LogP contribution in [0.15, 0.2) is 18.2 Å². The lowest BCUT2D eigenvalue weighted by Gasteiger charge is -2.29. The molecular weight excluding hydrogens is 258 g/mol. The van der Waals surface area contributed by atoms with Crippen molar-refractivity contribution in [3.8, 4) is 6.07 Å². The Morgan fingerprint density at radius 3 is 2.89 bits per heavy atom. The maximum atomic E-state index is 9.25. The van der Waals surface area contributed by atoms with Crippen molar-refractivity contribution >= 4 is 17.3 Å². The Morgan fingerprint density at radius 1 is 1.32 bits per heavy atom. The molecule has 3 atom stereocenters. The molecule has 2 N–H and O–H groups in total. The highest BCUT2D eigenvalue weighted by Gasteiger charge is 2.39. The molecule has 0 aromatic heterocycles. The molecule has 3 unspecified atom stereocenters. The second-order valence-corrected chi connectivity index (χ2v) is 6.13. The first kappa shape index (κ1) is 12.8. The predicted octanol–water partition coefficient (Wildman–Crippen LogP) is 2.78. The molecule has 1 heterocycles. The minimum absolute atomic E-state index is 0.321. The van der Waals surface area contributed by atoms with Gasteiger partial charge in [0.2, 0.25) is 0 Å². The van der Waals surface area contributed by atoms with Gasteiger partial charge >= 0.3 is 0 Å². The van der Waals surface area contributed by atoms with Gasteiger partial charge in [-0.1, -0.05) is 18.0 Å². The molecule has 1 aromatic carbocycles. The van der Waals surface area contributed by atoms with Crippen LogP contribution in [-0.4, -0.2) is 19.1 Å². The lowest BCUT2D eigenvalue weighted by atomic mass is 9.78. The van der Waals surface area contributed by atoms with Crippen LogP contribution in [0, 0.1) is 23.2 Å². The minimum Gasteiger partial charge on any atom is -0.370 e. The SMILES string of the molecule is N#Cc1cc(Cl)ccc1N1CC2CCCC(N)C2C1. The maximum absolute atomic E-state index is 9.25. The zero-order valence-corrected chi connectivity index (χ0v) is 11.6. The van der Waals surface area contributed by atoms with E-state index in [-0.39, 0.29) is 0 Å². The number of halogens is 1. The summed E-state index contributed by atoms with van der Waals surface area (Å²) in [6.07, 6.45) is 3.65. The Labute approximate surface area is 118 Å². The monoisotopic (exact) mass is 275 g/mol. The van der Waals surface area contributed by atoms with E-state index in [4.69, 9.17) is 17.3 Å². The molecular formula is C15H18ClN3. The Balaban J connectivity index is 1.87. The smallest absolute Gasteiger partial charge is 0.101 e. The summed E-state index contributed by atoms with van der Waals surface area (Å²) in [5, 5.41) is 9.87. The van der Waals surface area contributed by atoms with Crippen LogP contribution >= 0.6 is 11.6 Å². The number of fused-ring (bicyclic) bond motifs is 1. The number of benzene rings is 1. The molecule has 2 aliphatic rings. The summed E-state index contributed by atoms with van der Waals surface area (Å²) in [5.41, 5.74) is 7.92. The van der Waals surface area contributed by atoms with Gasteiger partial charge in [-0.05, 0) is 42.9 Å². The van der Waals surface area contributed by atoms with Crippen LogP contribution in [0.4, 0.5) is 5.69 Å². The van der Waals surface area contributed by atoms with Crippen LogP contribution < -0.4 is 10.6 Å². The molecule has 0 spiro atoms. The molecule has 3 nitrogen and oxygen atoms in total. The van der Waals surface area contributed by atoms with Gasteiger partial charge in [0.1, 0.15) is 6.07 Å². The summed E-state index contributed by atoms with van der Waals surface area (Å²) in [6.45, 7) is 2.00. The molecule has 0 radical (unpaired) electrons. The van der Waals surface area contributed by atoms with E-state index in [0.717, 1.165) is 25.2 Å². The van der Waals surface area contributed by atoms with Crippen molar-refractivity contribution in [2.24, 2.45) is 17.6 Å². The molecule has 1 saturated heterocycles. The summed E-state index contributed by atoms with van der Waals surface area (Å²) in [6, 6.07) is 8.14. The van der Waals surface area contributed by atoms with E-state index >= 15 is 0 Å². The Kier molecular flexibility index (Phi) is 3.38. The van der Waals surface area contributed by atoms with E-state index in [1.807, 2.05) is 12.1 Å². The van der Waals surface area contributed by atoms with Crippen LogP contribution in [0.2, 0.25) is 5.02 Å². The lowest BCUT2D eigenvalue weighted by molar-refractivity contribution is 0.260. The fourth-order valence-electron chi connectivity index (χ4n) is 3.59. The molecule has 1 aliphatic carbocycles. The Hall–Kier alpha value is -1.24. The highest BCUT2D eigenvalue weighted by atomic mass is 35.5. The van der Waals surface area contributed by atoms with Crippen LogP contribution in [0.25, 0.3) is 0 Å². The summed E-state index contributed by atoms with van der Waals surface area (Å²) < 4.78 is 0. The first-order chi connectivity index (χ1) is 9.19. The quantitative estimate of drug-likeness (QED) is 0.857. The number of anilines is 1. The fourth-order valence-corrected chi connectivity index (χ4v) is 3.76. The first-order valence-corrected chi connectivity index (χ1v) is 7.27. The van der Waals surface area contributed by atoms with Gasteiger partial charge in [0.15, 0.2) is 0 Å². The number of nitrogens with two attached hydrogens (primary N) is 1. The van der Waals surface area contributed by atoms with Crippen molar-refractivity contribution in [2.45, 2.75) is 25.3 Å². The van der Waals surface area contributed by atoms with Gasteiger partial charge in [-0.15, -0.1) is 0 Å². The van der Waals surface area contributed by atoms with Crippen LogP contribution in [0.1, 0.15) is 24.8 Å². The molecule has 1 aliphatic heterocycles. The predicted molar refractivity (Wildman–Crippen MR) is 77.2 cm³/mol. The zero-order valence-electron chi connectivity index (χ0n) is 10.8. The lowest BCUT2D eigenvalue weighted by Crippen LogP contribution is -2.38. The van der Waals surface area contributed by atoms with Crippen LogP contribution in [0.3, 0.4) is 0 Å². The van der Waals surface area contributed by atoms with Gasteiger partial charge in [0.25, 0.3) is 0 Å². The van der Waals surface area contributed by atoms with Gasteiger partial charge in [-0.25, -0.2) is 0 Å². The second-order valence-electron chi connectivity index (χ2n) is 5.70. The third-order valence-electron chi connectivity index (χ3n) is 4.57. The molecule has 0 bridgehead atoms. The van der Waals surface area contributed by atoms with Crippen LogP contribution in [-0.2, 0) is 0 Å². The Bertz CT molecular complexity index is 523. The highest BCUT2D eigenvalue weighted by molar-refractivity contribution is 6.30. The number of hydrogen-bond donors (Lipinski definition) is 1. The molecule has 4 heteroatoms. The molecule has 1 aromatic rings. The van der Waals surface area contributed by atoms with E-state index < -0.39 is 0 Å². The van der Waals surface area contributed by atoms with Gasteiger partial charge in [0, 0.05) is 24.2 Å². The third kappa shape index (κ3) is 2.31. The second kappa shape index (κ2) is 5.03. The van der Waals surface area contributed by atoms with E-state index in [1.165, 1.54) is 12.8 Å². The molecule has 3 rings (SSSR count). The maximum Gasteiger partial charge on any atom is 0.101 e. The van der Waals surface area contributed by atoms with E-state index in [9.17, 15) is 5.26 Å². The number of nitriles is 1. The average molecular weight is 276 g/mol. The topological polar surface area (TPSA) is 53.0 Å². The van der Waals surface area contributed by atoms with E-state index in [1.54, 1.807) is 6.07 Å². The van der Waals surface area contributed by atoms with Gasteiger partial charge in [-0.3, -0.25) is 0 Å². The van der Waals surface area contributed by atoms with Crippen molar-refractivity contribution in [3.63, 3.8) is 0 Å². The van der Waals surface area contributed by atoms with Crippen molar-refractivity contribution in [1.82, 2.24) is 0 Å². The highest BCUT2D eigenvalue weighted by Crippen LogP contribution is 2.38. The van der Waals surface area contributed by atoms with Gasteiger partial charge in [-0.2, -0.15) is 5.26 Å². The van der Waals surface area contributed by atoms with E-state index in [0.29, 0.717) is 28.5 Å². The number of hydrogen-bond acceptors (Lipinski definition) is 3. The standard InChI is InChI=1S/C15H18ClN3/c16-12-4-5-15(11(6-12)7-17)19-8-10-2-1-3-14(18)13(10)9-19/h4-6,10,13-14H,1-3,8-9,18H2. The fraction of sp³-hybridized carbons (Fsp3) is 0.533. The normalized spacial score (nSPS) is 29.9. The summed E-state index contributed by atoms with van der Waals surface area (Å²) in [4.78, 5) is 2.31. The van der Waals surface area contributed by atoms with Crippen LogP contribution in [0.5, 0.6) is 0 Å². The number of rotatable bonds is 1. The van der Waals surface area contributed by atoms with Crippen molar-refractivity contribution < 1.29 is 0 Å².